The lowest BCUT2D eigenvalue weighted by Gasteiger charge is -2.13. The second kappa shape index (κ2) is 8.57. The Morgan fingerprint density at radius 2 is 1.89 bits per heavy atom. The van der Waals surface area contributed by atoms with Crippen LogP contribution in [0.2, 0.25) is 0 Å². The average molecular weight is 399 g/mol. The van der Waals surface area contributed by atoms with Crippen LogP contribution in [0, 0.1) is 0 Å². The smallest absolute Gasteiger partial charge is 0.339 e. The molecule has 0 aliphatic heterocycles. The van der Waals surface area contributed by atoms with Crippen LogP contribution < -0.4 is 11.1 Å². The number of benzene rings is 2. The molecule has 1 heterocycles. The predicted molar refractivity (Wildman–Crippen MR) is 103 cm³/mol. The van der Waals surface area contributed by atoms with E-state index in [1.54, 1.807) is 24.3 Å². The summed E-state index contributed by atoms with van der Waals surface area (Å²) >= 11 is 1.34. The van der Waals surface area contributed by atoms with Crippen molar-refractivity contribution < 1.29 is 23.5 Å². The van der Waals surface area contributed by atoms with Gasteiger partial charge in [0.05, 0.1) is 5.56 Å². The first-order chi connectivity index (χ1) is 13.4. The highest BCUT2D eigenvalue weighted by Crippen LogP contribution is 2.27. The molecule has 0 radical (unpaired) electrons. The minimum absolute atomic E-state index is 0.310. The molecule has 0 aliphatic carbocycles. The van der Waals surface area contributed by atoms with Gasteiger partial charge in [0, 0.05) is 5.75 Å². The Hall–Kier alpha value is -3.33. The Morgan fingerprint density at radius 1 is 1.18 bits per heavy atom. The van der Waals surface area contributed by atoms with Gasteiger partial charge in [0.25, 0.3) is 11.1 Å². The molecule has 1 atom stereocenters. The van der Waals surface area contributed by atoms with Crippen molar-refractivity contribution >= 4 is 40.8 Å². The normalized spacial score (nSPS) is 11.8. The van der Waals surface area contributed by atoms with E-state index < -0.39 is 24.0 Å². The molecule has 3 rings (SSSR count). The maximum absolute atomic E-state index is 12.5. The number of hydrogen-bond donors (Lipinski definition) is 2. The number of imide groups is 1. The predicted octanol–water partition coefficient (Wildman–Crippen LogP) is 2.86. The molecule has 0 fully saturated rings. The van der Waals surface area contributed by atoms with E-state index >= 15 is 0 Å². The number of esters is 1. The van der Waals surface area contributed by atoms with Crippen molar-refractivity contribution in [1.82, 2.24) is 10.3 Å². The number of para-hydroxylation sites is 2. The minimum Gasteiger partial charge on any atom is -0.449 e. The molecule has 2 aromatic carbocycles. The number of thioether (sulfide) groups is 1. The first-order valence-electron chi connectivity index (χ1n) is 8.31. The van der Waals surface area contributed by atoms with Crippen molar-refractivity contribution in [2.45, 2.75) is 24.0 Å². The molecule has 3 amide bonds. The highest BCUT2D eigenvalue weighted by Gasteiger charge is 2.21. The van der Waals surface area contributed by atoms with Crippen LogP contribution in [0.3, 0.4) is 0 Å². The first kappa shape index (κ1) is 19.4. The number of primary amides is 1. The van der Waals surface area contributed by atoms with Crippen LogP contribution in [-0.4, -0.2) is 29.0 Å². The summed E-state index contributed by atoms with van der Waals surface area (Å²) in [4.78, 5) is 39.3. The van der Waals surface area contributed by atoms with Gasteiger partial charge in [-0.05, 0) is 30.7 Å². The number of urea groups is 1. The van der Waals surface area contributed by atoms with E-state index in [9.17, 15) is 14.4 Å². The molecule has 0 aliphatic rings. The quantitative estimate of drug-likeness (QED) is 0.482. The van der Waals surface area contributed by atoms with Crippen LogP contribution in [0.4, 0.5) is 4.79 Å². The lowest BCUT2D eigenvalue weighted by atomic mass is 10.1. The van der Waals surface area contributed by atoms with Gasteiger partial charge in [-0.1, -0.05) is 42.1 Å². The number of nitrogens with zero attached hydrogens (tertiary/aromatic N) is 1. The molecular weight excluding hydrogens is 382 g/mol. The summed E-state index contributed by atoms with van der Waals surface area (Å²) in [5.74, 6) is -1.06. The van der Waals surface area contributed by atoms with Crippen molar-refractivity contribution in [3.05, 3.63) is 59.7 Å². The zero-order valence-electron chi connectivity index (χ0n) is 14.9. The Kier molecular flexibility index (Phi) is 5.95. The van der Waals surface area contributed by atoms with Gasteiger partial charge < -0.3 is 14.9 Å². The lowest BCUT2D eigenvalue weighted by Crippen LogP contribution is -2.42. The number of carbonyl (C=O) groups excluding carboxylic acids is 3. The number of ether oxygens (including phenoxy) is 1. The summed E-state index contributed by atoms with van der Waals surface area (Å²) in [6, 6.07) is 13.3. The monoisotopic (exact) mass is 399 g/mol. The fourth-order valence-electron chi connectivity index (χ4n) is 2.40. The number of nitrogens with two attached hydrogens (primary N) is 1. The molecule has 28 heavy (non-hydrogen) atoms. The zero-order chi connectivity index (χ0) is 20.1. The zero-order valence-corrected chi connectivity index (χ0v) is 15.7. The van der Waals surface area contributed by atoms with Crippen LogP contribution in [-0.2, 0) is 15.3 Å². The van der Waals surface area contributed by atoms with E-state index in [1.807, 2.05) is 29.6 Å². The summed E-state index contributed by atoms with van der Waals surface area (Å²) in [5, 5.41) is 2.36. The summed E-state index contributed by atoms with van der Waals surface area (Å²) in [6.07, 6.45) is -1.17. The van der Waals surface area contributed by atoms with Gasteiger partial charge in [0.15, 0.2) is 11.7 Å². The maximum Gasteiger partial charge on any atom is 0.339 e. The molecule has 3 aromatic rings. The number of carbonyl (C=O) groups is 3. The fraction of sp³-hybridized carbons (Fsp3) is 0.158. The van der Waals surface area contributed by atoms with Gasteiger partial charge in [-0.15, -0.1) is 0 Å². The third-order valence-electron chi connectivity index (χ3n) is 3.76. The van der Waals surface area contributed by atoms with Gasteiger partial charge >= 0.3 is 12.0 Å². The number of rotatable bonds is 6. The minimum atomic E-state index is -1.17. The second-order valence-electron chi connectivity index (χ2n) is 5.79. The number of hydrogen-bond acceptors (Lipinski definition) is 7. The Labute approximate surface area is 164 Å². The standard InChI is InChI=1S/C19H17N3O5S/c1-11(16(23)22-18(20)25)26-17(24)13-7-3-2-6-12(13)10-28-19-21-14-8-4-5-9-15(14)27-19/h2-9,11H,10H2,1H3,(H3,20,22,23,25)/t11-/m0/s1. The van der Waals surface area contributed by atoms with Gasteiger partial charge in [-0.2, -0.15) is 0 Å². The summed E-state index contributed by atoms with van der Waals surface area (Å²) in [5.41, 5.74) is 7.34. The average Bonchev–Trinajstić information content (AvgIpc) is 3.09. The molecule has 0 spiro atoms. The highest BCUT2D eigenvalue weighted by atomic mass is 32.2. The van der Waals surface area contributed by atoms with Crippen molar-refractivity contribution in [2.75, 3.05) is 0 Å². The number of nitrogens with one attached hydrogen (secondary N) is 1. The highest BCUT2D eigenvalue weighted by molar-refractivity contribution is 7.98. The Balaban J connectivity index is 1.69. The molecule has 0 bridgehead atoms. The van der Waals surface area contributed by atoms with Gasteiger partial charge in [-0.3, -0.25) is 10.1 Å². The number of aromatic nitrogens is 1. The molecule has 9 heteroatoms. The van der Waals surface area contributed by atoms with Crippen LogP contribution in [0.1, 0.15) is 22.8 Å². The summed E-state index contributed by atoms with van der Waals surface area (Å²) in [6.45, 7) is 1.35. The molecule has 3 N–H and O–H groups in total. The van der Waals surface area contributed by atoms with E-state index in [-0.39, 0.29) is 0 Å². The molecular formula is C19H17N3O5S. The number of fused-ring (bicyclic) bond motifs is 1. The lowest BCUT2D eigenvalue weighted by molar-refractivity contribution is -0.127. The molecule has 0 unspecified atom stereocenters. The fourth-order valence-corrected chi connectivity index (χ4v) is 3.24. The SMILES string of the molecule is C[C@H](OC(=O)c1ccccc1CSc1nc2ccccc2o1)C(=O)NC(N)=O. The van der Waals surface area contributed by atoms with Gasteiger partial charge in [-0.25, -0.2) is 14.6 Å². The van der Waals surface area contributed by atoms with E-state index in [2.05, 4.69) is 4.98 Å². The number of oxazole rings is 1. The van der Waals surface area contributed by atoms with Crippen molar-refractivity contribution in [2.24, 2.45) is 5.73 Å². The largest absolute Gasteiger partial charge is 0.449 e. The summed E-state index contributed by atoms with van der Waals surface area (Å²) in [7, 11) is 0. The van der Waals surface area contributed by atoms with Crippen molar-refractivity contribution in [3.63, 3.8) is 0 Å². The Bertz CT molecular complexity index is 1000. The molecule has 0 saturated heterocycles. The summed E-state index contributed by atoms with van der Waals surface area (Å²) < 4.78 is 10.8. The third-order valence-corrected chi connectivity index (χ3v) is 4.64. The van der Waals surface area contributed by atoms with Gasteiger partial charge in [0.1, 0.15) is 5.52 Å². The second-order valence-corrected chi connectivity index (χ2v) is 6.72. The van der Waals surface area contributed by atoms with Crippen molar-refractivity contribution in [3.8, 4) is 0 Å². The molecule has 0 saturated carbocycles. The van der Waals surface area contributed by atoms with Crippen molar-refractivity contribution in [1.29, 1.82) is 0 Å². The molecule has 1 aromatic heterocycles. The molecule has 144 valence electrons. The van der Waals surface area contributed by atoms with E-state index in [0.29, 0.717) is 27.7 Å². The van der Waals surface area contributed by atoms with E-state index in [1.165, 1.54) is 18.7 Å². The Morgan fingerprint density at radius 3 is 2.64 bits per heavy atom. The molecule has 8 nitrogen and oxygen atoms in total. The van der Waals surface area contributed by atoms with E-state index in [0.717, 1.165) is 5.52 Å². The number of amides is 3. The van der Waals surface area contributed by atoms with Crippen LogP contribution in [0.15, 0.2) is 58.2 Å². The van der Waals surface area contributed by atoms with Crippen LogP contribution >= 0.6 is 11.8 Å². The first-order valence-corrected chi connectivity index (χ1v) is 9.30. The van der Waals surface area contributed by atoms with E-state index in [4.69, 9.17) is 14.9 Å². The third kappa shape index (κ3) is 4.68. The maximum atomic E-state index is 12.5. The van der Waals surface area contributed by atoms with Crippen LogP contribution in [0.5, 0.6) is 0 Å². The topological polar surface area (TPSA) is 125 Å². The van der Waals surface area contributed by atoms with Gasteiger partial charge in [0.2, 0.25) is 0 Å². The van der Waals surface area contributed by atoms with Crippen LogP contribution in [0.25, 0.3) is 11.1 Å².